The molecule has 3 aliphatic rings. The number of aliphatic hydroxyl groups is 1. The summed E-state index contributed by atoms with van der Waals surface area (Å²) >= 11 is 0. The second-order valence-electron chi connectivity index (χ2n) is 6.59. The summed E-state index contributed by atoms with van der Waals surface area (Å²) in [6.45, 7) is 6.40. The molecule has 20 heavy (non-hydrogen) atoms. The van der Waals surface area contributed by atoms with Crippen molar-refractivity contribution in [2.24, 2.45) is 5.41 Å². The smallest absolute Gasteiger partial charge is 0.0900 e. The highest BCUT2D eigenvalue weighted by atomic mass is 16.5. The van der Waals surface area contributed by atoms with Gasteiger partial charge in [-0.15, -0.1) is 0 Å². The summed E-state index contributed by atoms with van der Waals surface area (Å²) in [5.74, 6) is 0. The molecule has 0 bridgehead atoms. The Morgan fingerprint density at radius 3 is 2.75 bits per heavy atom. The summed E-state index contributed by atoms with van der Waals surface area (Å²) in [6, 6.07) is 0. The zero-order valence-electron chi connectivity index (χ0n) is 12.3. The van der Waals surface area contributed by atoms with E-state index in [9.17, 15) is 5.11 Å². The molecule has 116 valence electrons. The third-order valence-electron chi connectivity index (χ3n) is 4.64. The van der Waals surface area contributed by atoms with Crippen LogP contribution in [0.5, 0.6) is 0 Å². The van der Waals surface area contributed by atoms with Crippen LogP contribution in [0.25, 0.3) is 0 Å². The van der Waals surface area contributed by atoms with Crippen LogP contribution in [0.15, 0.2) is 0 Å². The summed E-state index contributed by atoms with van der Waals surface area (Å²) in [6.07, 6.45) is 4.32. The standard InChI is InChI=1S/C15H27NO4/c17-13(10-20-14-1-6-18-7-2-14)9-16-5-8-19-12-15(11-16)3-4-15/h13-14,17H,1-12H2. The Labute approximate surface area is 121 Å². The Kier molecular flexibility index (Phi) is 4.94. The highest BCUT2D eigenvalue weighted by molar-refractivity contribution is 4.96. The van der Waals surface area contributed by atoms with Crippen LogP contribution in [0.1, 0.15) is 25.7 Å². The van der Waals surface area contributed by atoms with Gasteiger partial charge in [0.2, 0.25) is 0 Å². The molecule has 0 aromatic heterocycles. The summed E-state index contributed by atoms with van der Waals surface area (Å²) in [7, 11) is 0. The van der Waals surface area contributed by atoms with Gasteiger partial charge in [-0.2, -0.15) is 0 Å². The minimum atomic E-state index is -0.397. The van der Waals surface area contributed by atoms with Crippen LogP contribution in [0.2, 0.25) is 0 Å². The number of aliphatic hydroxyl groups excluding tert-OH is 1. The van der Waals surface area contributed by atoms with Crippen molar-refractivity contribution in [2.75, 3.05) is 52.7 Å². The van der Waals surface area contributed by atoms with E-state index < -0.39 is 6.10 Å². The van der Waals surface area contributed by atoms with Gasteiger partial charge in [-0.05, 0) is 25.7 Å². The average molecular weight is 285 g/mol. The number of β-amino-alcohol motifs (C(OH)–C–C–N with tert-alkyl or cyclic N) is 1. The molecule has 1 N–H and O–H groups in total. The van der Waals surface area contributed by atoms with E-state index in [1.165, 1.54) is 12.8 Å². The molecule has 3 rings (SSSR count). The predicted molar refractivity (Wildman–Crippen MR) is 74.7 cm³/mol. The zero-order chi connectivity index (χ0) is 13.8. The molecule has 2 saturated heterocycles. The minimum Gasteiger partial charge on any atom is -0.389 e. The van der Waals surface area contributed by atoms with E-state index in [1.807, 2.05) is 0 Å². The lowest BCUT2D eigenvalue weighted by molar-refractivity contribution is -0.0644. The molecular weight excluding hydrogens is 258 g/mol. The maximum atomic E-state index is 10.2. The second kappa shape index (κ2) is 6.71. The predicted octanol–water partition coefficient (Wildman–Crippen LogP) is 0.655. The molecule has 3 fully saturated rings. The van der Waals surface area contributed by atoms with Crippen LogP contribution < -0.4 is 0 Å². The molecule has 2 heterocycles. The van der Waals surface area contributed by atoms with Gasteiger partial charge in [0.25, 0.3) is 0 Å². The van der Waals surface area contributed by atoms with E-state index in [4.69, 9.17) is 14.2 Å². The minimum absolute atomic E-state index is 0.264. The van der Waals surface area contributed by atoms with Crippen LogP contribution in [-0.4, -0.2) is 74.9 Å². The first-order chi connectivity index (χ1) is 9.76. The highest BCUT2D eigenvalue weighted by Crippen LogP contribution is 2.47. The number of nitrogens with zero attached hydrogens (tertiary/aromatic N) is 1. The first-order valence-electron chi connectivity index (χ1n) is 7.93. The lowest BCUT2D eigenvalue weighted by Crippen LogP contribution is -2.39. The van der Waals surface area contributed by atoms with E-state index in [1.54, 1.807) is 0 Å². The third-order valence-corrected chi connectivity index (χ3v) is 4.64. The van der Waals surface area contributed by atoms with Crippen molar-refractivity contribution in [1.29, 1.82) is 0 Å². The molecule has 1 atom stereocenters. The van der Waals surface area contributed by atoms with Crippen molar-refractivity contribution in [1.82, 2.24) is 4.90 Å². The van der Waals surface area contributed by atoms with E-state index in [2.05, 4.69) is 4.90 Å². The Balaban J connectivity index is 1.37. The maximum absolute atomic E-state index is 10.2. The fourth-order valence-corrected chi connectivity index (χ4v) is 3.16. The third kappa shape index (κ3) is 4.15. The summed E-state index contributed by atoms with van der Waals surface area (Å²) in [4.78, 5) is 2.35. The van der Waals surface area contributed by atoms with E-state index in [-0.39, 0.29) is 6.10 Å². The number of hydrogen-bond donors (Lipinski definition) is 1. The van der Waals surface area contributed by atoms with Crippen molar-refractivity contribution < 1.29 is 19.3 Å². The molecule has 5 heteroatoms. The zero-order valence-corrected chi connectivity index (χ0v) is 12.3. The number of ether oxygens (including phenoxy) is 3. The largest absolute Gasteiger partial charge is 0.389 e. The van der Waals surface area contributed by atoms with Gasteiger partial charge in [-0.1, -0.05) is 0 Å². The molecule has 1 aliphatic carbocycles. The Bertz CT molecular complexity index is 302. The molecule has 0 radical (unpaired) electrons. The maximum Gasteiger partial charge on any atom is 0.0900 e. The molecule has 5 nitrogen and oxygen atoms in total. The van der Waals surface area contributed by atoms with Crippen molar-refractivity contribution >= 4 is 0 Å². The molecule has 1 saturated carbocycles. The first-order valence-corrected chi connectivity index (χ1v) is 7.93. The summed E-state index contributed by atoms with van der Waals surface area (Å²) in [5, 5.41) is 10.2. The van der Waals surface area contributed by atoms with Crippen LogP contribution in [0.3, 0.4) is 0 Å². The number of hydrogen-bond acceptors (Lipinski definition) is 5. The van der Waals surface area contributed by atoms with Gasteiger partial charge in [0.05, 0.1) is 32.0 Å². The molecule has 0 aromatic carbocycles. The van der Waals surface area contributed by atoms with Crippen LogP contribution >= 0.6 is 0 Å². The first kappa shape index (κ1) is 14.7. The molecule has 0 aromatic rings. The van der Waals surface area contributed by atoms with Gasteiger partial charge in [-0.3, -0.25) is 4.90 Å². The lowest BCUT2D eigenvalue weighted by atomic mass is 10.1. The van der Waals surface area contributed by atoms with Crippen molar-refractivity contribution in [3.05, 3.63) is 0 Å². The van der Waals surface area contributed by atoms with Gasteiger partial charge in [-0.25, -0.2) is 0 Å². The average Bonchev–Trinajstić information content (AvgIpc) is 3.25. The SMILES string of the molecule is OC(COC1CCOCC1)CN1CCOCC2(CC2)C1. The summed E-state index contributed by atoms with van der Waals surface area (Å²) in [5.41, 5.74) is 0.401. The quantitative estimate of drug-likeness (QED) is 0.804. The fourth-order valence-electron chi connectivity index (χ4n) is 3.16. The van der Waals surface area contributed by atoms with Crippen molar-refractivity contribution in [3.8, 4) is 0 Å². The van der Waals surface area contributed by atoms with Crippen LogP contribution in [-0.2, 0) is 14.2 Å². The fraction of sp³-hybridized carbons (Fsp3) is 1.00. The lowest BCUT2D eigenvalue weighted by Gasteiger charge is -2.27. The monoisotopic (exact) mass is 285 g/mol. The molecule has 0 amide bonds. The van der Waals surface area contributed by atoms with Gasteiger partial charge >= 0.3 is 0 Å². The molecule has 1 spiro atoms. The topological polar surface area (TPSA) is 51.2 Å². The van der Waals surface area contributed by atoms with Gasteiger partial charge in [0.15, 0.2) is 0 Å². The van der Waals surface area contributed by atoms with Gasteiger partial charge < -0.3 is 19.3 Å². The Morgan fingerprint density at radius 2 is 2.00 bits per heavy atom. The van der Waals surface area contributed by atoms with Gasteiger partial charge in [0.1, 0.15) is 0 Å². The van der Waals surface area contributed by atoms with Crippen molar-refractivity contribution in [2.45, 2.75) is 37.9 Å². The Morgan fingerprint density at radius 1 is 1.20 bits per heavy atom. The molecule has 2 aliphatic heterocycles. The van der Waals surface area contributed by atoms with Gasteiger partial charge in [0, 0.05) is 38.3 Å². The molecular formula is C15H27NO4. The Hall–Kier alpha value is -0.200. The van der Waals surface area contributed by atoms with Crippen molar-refractivity contribution in [3.63, 3.8) is 0 Å². The van der Waals surface area contributed by atoms with E-state index in [0.717, 1.165) is 52.4 Å². The van der Waals surface area contributed by atoms with Crippen LogP contribution in [0.4, 0.5) is 0 Å². The normalized spacial score (nSPS) is 29.2. The van der Waals surface area contributed by atoms with E-state index >= 15 is 0 Å². The highest BCUT2D eigenvalue weighted by Gasteiger charge is 2.45. The van der Waals surface area contributed by atoms with E-state index in [0.29, 0.717) is 18.6 Å². The number of rotatable bonds is 5. The molecule has 1 unspecified atom stereocenters. The van der Waals surface area contributed by atoms with Crippen LogP contribution in [0, 0.1) is 5.41 Å². The second-order valence-corrected chi connectivity index (χ2v) is 6.59. The summed E-state index contributed by atoms with van der Waals surface area (Å²) < 4.78 is 16.8.